The summed E-state index contributed by atoms with van der Waals surface area (Å²) in [5.74, 6) is -0.809. The highest BCUT2D eigenvalue weighted by molar-refractivity contribution is 7.89. The Morgan fingerprint density at radius 2 is 2.04 bits per heavy atom. The van der Waals surface area contributed by atoms with E-state index < -0.39 is 21.7 Å². The van der Waals surface area contributed by atoms with Gasteiger partial charge in [-0.3, -0.25) is 4.79 Å². The van der Waals surface area contributed by atoms with Crippen LogP contribution in [0.25, 0.3) is 0 Å². The summed E-state index contributed by atoms with van der Waals surface area (Å²) in [7, 11) is -3.77. The normalized spacial score (nSPS) is 11.4. The first kappa shape index (κ1) is 17.1. The van der Waals surface area contributed by atoms with Crippen LogP contribution in [0.5, 0.6) is 0 Å². The van der Waals surface area contributed by atoms with Gasteiger partial charge in [-0.15, -0.1) is 0 Å². The number of hydrogen-bond acceptors (Lipinski definition) is 5. The Hall–Kier alpha value is -2.26. The van der Waals surface area contributed by atoms with Crippen LogP contribution in [-0.2, 0) is 10.0 Å². The number of hydrogen-bond donors (Lipinski definition) is 2. The Morgan fingerprint density at radius 1 is 1.30 bits per heavy atom. The number of nitrogens with one attached hydrogen (secondary N) is 2. The van der Waals surface area contributed by atoms with Gasteiger partial charge in [-0.1, -0.05) is 11.2 Å². The standard InChI is InChI=1S/C14H16FN3O4S/c1-9-13(10(2)22-18-9)23(20,21)17-7-6-16-14(19)11-4-3-5-12(15)8-11/h3-5,8,17H,6-7H2,1-2H3,(H,16,19). The van der Waals surface area contributed by atoms with Crippen LogP contribution >= 0.6 is 0 Å². The van der Waals surface area contributed by atoms with Gasteiger partial charge in [0.1, 0.15) is 16.4 Å². The van der Waals surface area contributed by atoms with Gasteiger partial charge < -0.3 is 9.84 Å². The number of rotatable bonds is 6. The van der Waals surface area contributed by atoms with E-state index in [4.69, 9.17) is 4.52 Å². The van der Waals surface area contributed by atoms with Gasteiger partial charge in [-0.05, 0) is 32.0 Å². The van der Waals surface area contributed by atoms with Gasteiger partial charge in [0.15, 0.2) is 5.76 Å². The molecule has 0 aliphatic heterocycles. The molecule has 1 aromatic heterocycles. The van der Waals surface area contributed by atoms with Crippen LogP contribution in [0, 0.1) is 19.7 Å². The summed E-state index contributed by atoms with van der Waals surface area (Å²) in [4.78, 5) is 11.8. The van der Waals surface area contributed by atoms with Gasteiger partial charge in [0.05, 0.1) is 0 Å². The first-order valence-electron chi connectivity index (χ1n) is 6.77. The quantitative estimate of drug-likeness (QED) is 0.767. The zero-order valence-electron chi connectivity index (χ0n) is 12.6. The monoisotopic (exact) mass is 341 g/mol. The van der Waals surface area contributed by atoms with E-state index >= 15 is 0 Å². The topological polar surface area (TPSA) is 101 Å². The number of carbonyl (C=O) groups is 1. The van der Waals surface area contributed by atoms with Crippen LogP contribution in [0.1, 0.15) is 21.8 Å². The molecule has 0 saturated heterocycles. The molecule has 0 spiro atoms. The molecular weight excluding hydrogens is 325 g/mol. The molecule has 2 aromatic rings. The maximum atomic E-state index is 13.0. The molecule has 124 valence electrons. The van der Waals surface area contributed by atoms with E-state index in [1.807, 2.05) is 0 Å². The van der Waals surface area contributed by atoms with Gasteiger partial charge in [0.25, 0.3) is 5.91 Å². The number of sulfonamides is 1. The van der Waals surface area contributed by atoms with Crippen molar-refractivity contribution >= 4 is 15.9 Å². The van der Waals surface area contributed by atoms with Gasteiger partial charge in [0, 0.05) is 18.7 Å². The average molecular weight is 341 g/mol. The lowest BCUT2D eigenvalue weighted by Crippen LogP contribution is -2.35. The zero-order valence-corrected chi connectivity index (χ0v) is 13.4. The van der Waals surface area contributed by atoms with Crippen molar-refractivity contribution in [1.29, 1.82) is 0 Å². The maximum absolute atomic E-state index is 13.0. The first-order valence-corrected chi connectivity index (χ1v) is 8.26. The summed E-state index contributed by atoms with van der Waals surface area (Å²) in [5, 5.41) is 6.09. The molecule has 0 bridgehead atoms. The predicted molar refractivity (Wildman–Crippen MR) is 79.9 cm³/mol. The molecule has 0 fully saturated rings. The largest absolute Gasteiger partial charge is 0.360 e. The maximum Gasteiger partial charge on any atom is 0.251 e. The number of aryl methyl sites for hydroxylation is 2. The molecule has 0 atom stereocenters. The van der Waals surface area contributed by atoms with Crippen molar-refractivity contribution < 1.29 is 22.1 Å². The number of aromatic nitrogens is 1. The van der Waals surface area contributed by atoms with Crippen LogP contribution in [-0.4, -0.2) is 32.6 Å². The van der Waals surface area contributed by atoms with Gasteiger partial charge >= 0.3 is 0 Å². The molecule has 1 aromatic carbocycles. The van der Waals surface area contributed by atoms with E-state index in [9.17, 15) is 17.6 Å². The molecule has 0 radical (unpaired) electrons. The van der Waals surface area contributed by atoms with Crippen molar-refractivity contribution in [1.82, 2.24) is 15.2 Å². The molecule has 0 unspecified atom stereocenters. The minimum Gasteiger partial charge on any atom is -0.360 e. The fraction of sp³-hybridized carbons (Fsp3) is 0.286. The molecule has 1 heterocycles. The highest BCUT2D eigenvalue weighted by Crippen LogP contribution is 2.18. The molecule has 2 rings (SSSR count). The van der Waals surface area contributed by atoms with Crippen LogP contribution in [0.4, 0.5) is 4.39 Å². The van der Waals surface area contributed by atoms with E-state index in [1.54, 1.807) is 0 Å². The minimum absolute atomic E-state index is 0.00560. The molecule has 0 aliphatic rings. The third-order valence-electron chi connectivity index (χ3n) is 3.03. The van der Waals surface area contributed by atoms with Crippen LogP contribution < -0.4 is 10.0 Å². The molecule has 9 heteroatoms. The summed E-state index contributed by atoms with van der Waals surface area (Å²) in [6.07, 6.45) is 0. The second-order valence-corrected chi connectivity index (χ2v) is 6.52. The lowest BCUT2D eigenvalue weighted by atomic mass is 10.2. The van der Waals surface area contributed by atoms with Gasteiger partial charge in [0.2, 0.25) is 10.0 Å². The summed E-state index contributed by atoms with van der Waals surface area (Å²) < 4.78 is 44.4. The summed E-state index contributed by atoms with van der Waals surface area (Å²) >= 11 is 0. The number of nitrogens with zero attached hydrogens (tertiary/aromatic N) is 1. The summed E-state index contributed by atoms with van der Waals surface area (Å²) in [6.45, 7) is 3.06. The molecule has 23 heavy (non-hydrogen) atoms. The van der Waals surface area contributed by atoms with Crippen molar-refractivity contribution in [3.05, 3.63) is 47.1 Å². The van der Waals surface area contributed by atoms with Crippen molar-refractivity contribution in [2.24, 2.45) is 0 Å². The Bertz CT molecular complexity index is 798. The molecule has 7 nitrogen and oxygen atoms in total. The van der Waals surface area contributed by atoms with E-state index in [2.05, 4.69) is 15.2 Å². The highest BCUT2D eigenvalue weighted by Gasteiger charge is 2.23. The van der Waals surface area contributed by atoms with E-state index in [1.165, 1.54) is 32.0 Å². The van der Waals surface area contributed by atoms with Crippen molar-refractivity contribution in [3.8, 4) is 0 Å². The molecule has 0 saturated carbocycles. The highest BCUT2D eigenvalue weighted by atomic mass is 32.2. The minimum atomic E-state index is -3.77. The average Bonchev–Trinajstić information content (AvgIpc) is 2.83. The van der Waals surface area contributed by atoms with Gasteiger partial charge in [-0.25, -0.2) is 17.5 Å². The molecule has 0 aliphatic carbocycles. The third-order valence-corrected chi connectivity index (χ3v) is 4.73. The Labute approximate surface area is 132 Å². The van der Waals surface area contributed by atoms with Gasteiger partial charge in [-0.2, -0.15) is 0 Å². The summed E-state index contributed by atoms with van der Waals surface area (Å²) in [6, 6.07) is 5.22. The fourth-order valence-electron chi connectivity index (χ4n) is 2.02. The van der Waals surface area contributed by atoms with Crippen LogP contribution in [0.3, 0.4) is 0 Å². The van der Waals surface area contributed by atoms with E-state index in [0.29, 0.717) is 0 Å². The molecular formula is C14H16FN3O4S. The van der Waals surface area contributed by atoms with Crippen LogP contribution in [0.2, 0.25) is 0 Å². The SMILES string of the molecule is Cc1noc(C)c1S(=O)(=O)NCCNC(=O)c1cccc(F)c1. The second kappa shape index (κ2) is 6.88. The van der Waals surface area contributed by atoms with E-state index in [0.717, 1.165) is 6.07 Å². The number of benzene rings is 1. The number of carbonyl (C=O) groups excluding carboxylic acids is 1. The second-order valence-electron chi connectivity index (χ2n) is 4.82. The van der Waals surface area contributed by atoms with Crippen molar-refractivity contribution in [2.75, 3.05) is 13.1 Å². The van der Waals surface area contributed by atoms with E-state index in [-0.39, 0.29) is 35.0 Å². The number of halogens is 1. The molecule has 1 amide bonds. The Morgan fingerprint density at radius 3 is 2.65 bits per heavy atom. The fourth-order valence-corrected chi connectivity index (χ4v) is 3.38. The van der Waals surface area contributed by atoms with Crippen molar-refractivity contribution in [3.63, 3.8) is 0 Å². The Kier molecular flexibility index (Phi) is 5.12. The predicted octanol–water partition coefficient (Wildman–Crippen LogP) is 1.14. The number of amides is 1. The third kappa shape index (κ3) is 4.14. The summed E-state index contributed by atoms with van der Waals surface area (Å²) in [5.41, 5.74) is 0.428. The lowest BCUT2D eigenvalue weighted by molar-refractivity contribution is 0.0954. The van der Waals surface area contributed by atoms with Crippen LogP contribution in [0.15, 0.2) is 33.7 Å². The first-order chi connectivity index (χ1) is 10.8. The zero-order chi connectivity index (χ0) is 17.0. The smallest absolute Gasteiger partial charge is 0.251 e. The Balaban J connectivity index is 1.89. The van der Waals surface area contributed by atoms with Crippen molar-refractivity contribution in [2.45, 2.75) is 18.7 Å². The molecule has 2 N–H and O–H groups in total. The lowest BCUT2D eigenvalue weighted by Gasteiger charge is -2.08.